The highest BCUT2D eigenvalue weighted by molar-refractivity contribution is 5.22. The summed E-state index contributed by atoms with van der Waals surface area (Å²) in [6.45, 7) is 5.79. The maximum absolute atomic E-state index is 12.7. The second-order valence-electron chi connectivity index (χ2n) is 3.67. The molecule has 1 rings (SSSR count). The van der Waals surface area contributed by atoms with Crippen LogP contribution in [0.2, 0.25) is 0 Å². The van der Waals surface area contributed by atoms with Crippen LogP contribution in [0.3, 0.4) is 0 Å². The van der Waals surface area contributed by atoms with E-state index in [0.29, 0.717) is 5.75 Å². The van der Waals surface area contributed by atoms with E-state index in [4.69, 9.17) is 4.74 Å². The van der Waals surface area contributed by atoms with Crippen LogP contribution in [-0.4, -0.2) is 5.60 Å². The molecule has 0 fully saturated rings. The van der Waals surface area contributed by atoms with Crippen LogP contribution in [0, 0.1) is 5.82 Å². The highest BCUT2D eigenvalue weighted by Crippen LogP contribution is 2.18. The van der Waals surface area contributed by atoms with Crippen molar-refractivity contribution in [1.82, 2.24) is 0 Å². The van der Waals surface area contributed by atoms with Gasteiger partial charge in [0.05, 0.1) is 0 Å². The van der Waals surface area contributed by atoms with Gasteiger partial charge < -0.3 is 4.74 Å². The first-order valence-corrected chi connectivity index (χ1v) is 3.92. The van der Waals surface area contributed by atoms with Gasteiger partial charge in [0.15, 0.2) is 0 Å². The molecule has 0 bridgehead atoms. The largest absolute Gasteiger partial charge is 0.488 e. The van der Waals surface area contributed by atoms with Gasteiger partial charge in [-0.1, -0.05) is 6.07 Å². The molecular weight excluding hydrogens is 155 g/mol. The first-order chi connectivity index (χ1) is 5.47. The van der Waals surface area contributed by atoms with Crippen LogP contribution in [0.4, 0.5) is 4.39 Å². The third-order valence-corrected chi connectivity index (χ3v) is 1.22. The molecule has 0 saturated heterocycles. The Labute approximate surface area is 72.2 Å². The van der Waals surface area contributed by atoms with E-state index in [9.17, 15) is 4.39 Å². The Morgan fingerprint density at radius 1 is 1.25 bits per heavy atom. The van der Waals surface area contributed by atoms with Crippen molar-refractivity contribution in [2.24, 2.45) is 0 Å². The van der Waals surface area contributed by atoms with Gasteiger partial charge in [-0.15, -0.1) is 0 Å². The Hall–Kier alpha value is -1.05. The number of halogens is 1. The summed E-state index contributed by atoms with van der Waals surface area (Å²) in [7, 11) is 0. The zero-order valence-electron chi connectivity index (χ0n) is 7.60. The number of benzene rings is 1. The molecule has 12 heavy (non-hydrogen) atoms. The van der Waals surface area contributed by atoms with Crippen LogP contribution >= 0.6 is 0 Å². The summed E-state index contributed by atoms with van der Waals surface area (Å²) < 4.78 is 18.1. The van der Waals surface area contributed by atoms with Crippen LogP contribution in [0.15, 0.2) is 24.3 Å². The highest BCUT2D eigenvalue weighted by atomic mass is 19.1. The van der Waals surface area contributed by atoms with E-state index in [1.807, 2.05) is 20.8 Å². The van der Waals surface area contributed by atoms with Crippen molar-refractivity contribution in [2.75, 3.05) is 0 Å². The average Bonchev–Trinajstić information content (AvgIpc) is 1.82. The summed E-state index contributed by atoms with van der Waals surface area (Å²) in [5, 5.41) is 0. The molecule has 0 radical (unpaired) electrons. The van der Waals surface area contributed by atoms with Gasteiger partial charge in [-0.2, -0.15) is 0 Å². The van der Waals surface area contributed by atoms with E-state index in [1.54, 1.807) is 12.1 Å². The van der Waals surface area contributed by atoms with Crippen molar-refractivity contribution in [3.05, 3.63) is 30.1 Å². The molecule has 0 aliphatic heterocycles. The van der Waals surface area contributed by atoms with Gasteiger partial charge in [-0.3, -0.25) is 0 Å². The summed E-state index contributed by atoms with van der Waals surface area (Å²) in [4.78, 5) is 0. The van der Waals surface area contributed by atoms with Crippen LogP contribution in [-0.2, 0) is 0 Å². The third-order valence-electron chi connectivity index (χ3n) is 1.22. The molecule has 1 aromatic rings. The summed E-state index contributed by atoms with van der Waals surface area (Å²) in [5.74, 6) is 0.305. The first kappa shape index (κ1) is 9.04. The van der Waals surface area contributed by atoms with E-state index < -0.39 is 0 Å². The van der Waals surface area contributed by atoms with E-state index in [1.165, 1.54) is 12.1 Å². The quantitative estimate of drug-likeness (QED) is 0.626. The summed E-state index contributed by atoms with van der Waals surface area (Å²) in [5.41, 5.74) is -0.270. The Kier molecular flexibility index (Phi) is 2.36. The topological polar surface area (TPSA) is 9.23 Å². The van der Waals surface area contributed by atoms with Crippen LogP contribution in [0.5, 0.6) is 5.75 Å². The van der Waals surface area contributed by atoms with E-state index in [0.717, 1.165) is 0 Å². The molecule has 0 aliphatic carbocycles. The average molecular weight is 168 g/mol. The van der Waals surface area contributed by atoms with Crippen molar-refractivity contribution in [3.8, 4) is 5.75 Å². The van der Waals surface area contributed by atoms with Crippen LogP contribution in [0.25, 0.3) is 0 Å². The van der Waals surface area contributed by atoms with E-state index in [2.05, 4.69) is 0 Å². The molecule has 0 atom stereocenters. The molecule has 0 unspecified atom stereocenters. The lowest BCUT2D eigenvalue weighted by molar-refractivity contribution is 0.130. The molecule has 0 aromatic heterocycles. The van der Waals surface area contributed by atoms with Crippen molar-refractivity contribution < 1.29 is 9.13 Å². The van der Waals surface area contributed by atoms with Crippen molar-refractivity contribution in [2.45, 2.75) is 26.4 Å². The molecule has 1 aromatic carbocycles. The number of hydrogen-bond donors (Lipinski definition) is 0. The second kappa shape index (κ2) is 3.13. The lowest BCUT2D eigenvalue weighted by Crippen LogP contribution is -2.22. The zero-order valence-corrected chi connectivity index (χ0v) is 7.60. The number of rotatable bonds is 1. The van der Waals surface area contributed by atoms with Gasteiger partial charge in [0.2, 0.25) is 0 Å². The normalized spacial score (nSPS) is 11.3. The minimum absolute atomic E-state index is 0.267. The minimum Gasteiger partial charge on any atom is -0.488 e. The van der Waals surface area contributed by atoms with Gasteiger partial charge in [0.25, 0.3) is 0 Å². The minimum atomic E-state index is -0.270. The van der Waals surface area contributed by atoms with E-state index in [-0.39, 0.29) is 11.4 Å². The molecule has 1 nitrogen and oxygen atoms in total. The number of hydrogen-bond acceptors (Lipinski definition) is 1. The molecule has 0 N–H and O–H groups in total. The van der Waals surface area contributed by atoms with Gasteiger partial charge in [-0.05, 0) is 32.9 Å². The van der Waals surface area contributed by atoms with E-state index >= 15 is 0 Å². The lowest BCUT2D eigenvalue weighted by atomic mass is 10.2. The Balaban J connectivity index is 2.77. The fraction of sp³-hybridized carbons (Fsp3) is 0.400. The van der Waals surface area contributed by atoms with Crippen LogP contribution < -0.4 is 4.74 Å². The van der Waals surface area contributed by atoms with Crippen LogP contribution in [0.1, 0.15) is 20.8 Å². The molecule has 0 spiro atoms. The molecule has 66 valence electrons. The Bertz CT molecular complexity index is 263. The van der Waals surface area contributed by atoms with Gasteiger partial charge in [0.1, 0.15) is 17.2 Å². The van der Waals surface area contributed by atoms with Gasteiger partial charge in [0, 0.05) is 6.07 Å². The molecule has 0 aliphatic rings. The Morgan fingerprint density at radius 2 is 1.92 bits per heavy atom. The van der Waals surface area contributed by atoms with Crippen molar-refractivity contribution in [3.63, 3.8) is 0 Å². The molecule has 0 saturated carbocycles. The third kappa shape index (κ3) is 2.91. The Morgan fingerprint density at radius 3 is 2.42 bits per heavy atom. The fourth-order valence-electron chi connectivity index (χ4n) is 0.884. The fourth-order valence-corrected chi connectivity index (χ4v) is 0.884. The molecule has 0 heterocycles. The SMILES string of the molecule is CC(C)(C)Oc1cccc(F)c1. The lowest BCUT2D eigenvalue weighted by Gasteiger charge is -2.20. The predicted octanol–water partition coefficient (Wildman–Crippen LogP) is 3.00. The predicted molar refractivity (Wildman–Crippen MR) is 46.8 cm³/mol. The monoisotopic (exact) mass is 168 g/mol. The molecular formula is C10H13FO. The summed E-state index contributed by atoms with van der Waals surface area (Å²) in [6, 6.07) is 6.16. The highest BCUT2D eigenvalue weighted by Gasteiger charge is 2.11. The molecule has 2 heteroatoms. The van der Waals surface area contributed by atoms with Gasteiger partial charge in [-0.25, -0.2) is 4.39 Å². The van der Waals surface area contributed by atoms with Gasteiger partial charge >= 0.3 is 0 Å². The van der Waals surface area contributed by atoms with Crippen molar-refractivity contribution >= 4 is 0 Å². The maximum atomic E-state index is 12.7. The molecule has 0 amide bonds. The standard InChI is InChI=1S/C10H13FO/c1-10(2,3)12-9-6-4-5-8(11)7-9/h4-7H,1-3H3. The maximum Gasteiger partial charge on any atom is 0.126 e. The summed E-state index contributed by atoms with van der Waals surface area (Å²) >= 11 is 0. The number of ether oxygens (including phenoxy) is 1. The van der Waals surface area contributed by atoms with Crippen molar-refractivity contribution in [1.29, 1.82) is 0 Å². The zero-order chi connectivity index (χ0) is 9.19. The smallest absolute Gasteiger partial charge is 0.126 e. The summed E-state index contributed by atoms with van der Waals surface area (Å²) in [6.07, 6.45) is 0. The second-order valence-corrected chi connectivity index (χ2v) is 3.67. The first-order valence-electron chi connectivity index (χ1n) is 3.92.